The average molecular weight is 385 g/mol. The Labute approximate surface area is 168 Å². The standard InChI is InChI=1S/C23H48N2O2/c1-3-4-5-6-7-8-9-10-11-12-16-19-27-20(2)23(25,26)22(24)21-17-14-13-15-18-21/h20-22,26H,3-19,24-25H2,1-2H3. The fourth-order valence-corrected chi connectivity index (χ4v) is 4.30. The molecule has 4 nitrogen and oxygen atoms in total. The number of hydrogen-bond acceptors (Lipinski definition) is 4. The molecule has 0 amide bonds. The summed E-state index contributed by atoms with van der Waals surface area (Å²) in [7, 11) is 0. The van der Waals surface area contributed by atoms with Crippen LogP contribution in [0.25, 0.3) is 0 Å². The van der Waals surface area contributed by atoms with Gasteiger partial charge in [-0.3, -0.25) is 0 Å². The highest BCUT2D eigenvalue weighted by molar-refractivity contribution is 4.94. The van der Waals surface area contributed by atoms with Crippen LogP contribution in [0.5, 0.6) is 0 Å². The van der Waals surface area contributed by atoms with Crippen molar-refractivity contribution < 1.29 is 9.84 Å². The van der Waals surface area contributed by atoms with Crippen LogP contribution in [0, 0.1) is 5.92 Å². The molecule has 1 aliphatic rings. The predicted molar refractivity (Wildman–Crippen MR) is 116 cm³/mol. The molecular weight excluding hydrogens is 336 g/mol. The Kier molecular flexibility index (Phi) is 13.6. The average Bonchev–Trinajstić information content (AvgIpc) is 2.68. The molecule has 3 atom stereocenters. The molecule has 1 rings (SSSR count). The zero-order chi connectivity index (χ0) is 20.0. The van der Waals surface area contributed by atoms with Crippen LogP contribution in [0.15, 0.2) is 0 Å². The largest absolute Gasteiger partial charge is 0.374 e. The van der Waals surface area contributed by atoms with Crippen molar-refractivity contribution in [2.45, 2.75) is 134 Å². The second-order valence-corrected chi connectivity index (χ2v) is 8.86. The van der Waals surface area contributed by atoms with Gasteiger partial charge in [0.1, 0.15) is 0 Å². The third-order valence-corrected chi connectivity index (χ3v) is 6.46. The molecule has 0 radical (unpaired) electrons. The zero-order valence-electron chi connectivity index (χ0n) is 18.3. The maximum Gasteiger partial charge on any atom is 0.155 e. The summed E-state index contributed by atoms with van der Waals surface area (Å²) in [5, 5.41) is 10.7. The summed E-state index contributed by atoms with van der Waals surface area (Å²) in [5.41, 5.74) is 11.1. The molecule has 1 fully saturated rings. The fraction of sp³-hybridized carbons (Fsp3) is 1.00. The number of nitrogens with two attached hydrogens (primary N) is 2. The highest BCUT2D eigenvalue weighted by Crippen LogP contribution is 2.30. The van der Waals surface area contributed by atoms with E-state index in [1.54, 1.807) is 0 Å². The second kappa shape index (κ2) is 14.8. The molecule has 0 aromatic heterocycles. The van der Waals surface area contributed by atoms with Crippen molar-refractivity contribution in [3.8, 4) is 0 Å². The lowest BCUT2D eigenvalue weighted by Crippen LogP contribution is -2.65. The monoisotopic (exact) mass is 384 g/mol. The Morgan fingerprint density at radius 3 is 1.89 bits per heavy atom. The van der Waals surface area contributed by atoms with Crippen molar-refractivity contribution in [1.29, 1.82) is 0 Å². The van der Waals surface area contributed by atoms with Gasteiger partial charge in [0, 0.05) is 6.61 Å². The summed E-state index contributed by atoms with van der Waals surface area (Å²) >= 11 is 0. The lowest BCUT2D eigenvalue weighted by atomic mass is 9.79. The maximum atomic E-state index is 10.7. The molecular formula is C23H48N2O2. The third kappa shape index (κ3) is 10.3. The lowest BCUT2D eigenvalue weighted by Gasteiger charge is -2.40. The molecule has 0 saturated heterocycles. The molecule has 0 heterocycles. The predicted octanol–water partition coefficient (Wildman–Crippen LogP) is 5.26. The SMILES string of the molecule is CCCCCCCCCCCCCOC(C)C(N)(O)C(N)C1CCCCC1. The van der Waals surface area contributed by atoms with E-state index in [2.05, 4.69) is 6.92 Å². The summed E-state index contributed by atoms with van der Waals surface area (Å²) in [6, 6.07) is -0.398. The summed E-state index contributed by atoms with van der Waals surface area (Å²) in [4.78, 5) is 0. The van der Waals surface area contributed by atoms with E-state index in [9.17, 15) is 5.11 Å². The van der Waals surface area contributed by atoms with Crippen LogP contribution in [0.2, 0.25) is 0 Å². The van der Waals surface area contributed by atoms with E-state index in [0.717, 1.165) is 19.3 Å². The third-order valence-electron chi connectivity index (χ3n) is 6.46. The number of hydrogen-bond donors (Lipinski definition) is 3. The van der Waals surface area contributed by atoms with Gasteiger partial charge < -0.3 is 21.3 Å². The Balaban J connectivity index is 2.03. The van der Waals surface area contributed by atoms with Gasteiger partial charge in [-0.15, -0.1) is 0 Å². The molecule has 27 heavy (non-hydrogen) atoms. The van der Waals surface area contributed by atoms with Crippen LogP contribution >= 0.6 is 0 Å². The van der Waals surface area contributed by atoms with Gasteiger partial charge in [0.25, 0.3) is 0 Å². The van der Waals surface area contributed by atoms with Gasteiger partial charge in [-0.25, -0.2) is 0 Å². The summed E-state index contributed by atoms with van der Waals surface area (Å²) in [6.07, 6.45) is 19.9. The van der Waals surface area contributed by atoms with Crippen molar-refractivity contribution in [3.63, 3.8) is 0 Å². The molecule has 0 bridgehead atoms. The van der Waals surface area contributed by atoms with E-state index in [0.29, 0.717) is 12.5 Å². The van der Waals surface area contributed by atoms with Crippen LogP contribution in [0.4, 0.5) is 0 Å². The van der Waals surface area contributed by atoms with Crippen LogP contribution in [-0.2, 0) is 4.74 Å². The first-order valence-corrected chi connectivity index (χ1v) is 11.9. The Bertz CT molecular complexity index is 343. The van der Waals surface area contributed by atoms with Gasteiger partial charge in [-0.2, -0.15) is 0 Å². The van der Waals surface area contributed by atoms with Gasteiger partial charge in [-0.05, 0) is 32.1 Å². The number of rotatable bonds is 16. The number of unbranched alkanes of at least 4 members (excludes halogenated alkanes) is 10. The molecule has 1 aliphatic carbocycles. The Morgan fingerprint density at radius 2 is 1.37 bits per heavy atom. The highest BCUT2D eigenvalue weighted by atomic mass is 16.5. The minimum atomic E-state index is -1.43. The van der Waals surface area contributed by atoms with Crippen LogP contribution < -0.4 is 11.5 Å². The molecule has 4 heteroatoms. The Morgan fingerprint density at radius 1 is 0.889 bits per heavy atom. The number of aliphatic hydroxyl groups is 1. The molecule has 0 aromatic carbocycles. The minimum absolute atomic E-state index is 0.321. The first-order valence-electron chi connectivity index (χ1n) is 11.9. The van der Waals surface area contributed by atoms with Crippen LogP contribution in [-0.4, -0.2) is 29.6 Å². The normalized spacial score (nSPS) is 20.3. The summed E-state index contributed by atoms with van der Waals surface area (Å²) in [6.45, 7) is 4.79. The van der Waals surface area contributed by atoms with Gasteiger partial charge in [0.2, 0.25) is 0 Å². The van der Waals surface area contributed by atoms with E-state index in [1.807, 2.05) is 6.92 Å². The molecule has 0 aromatic rings. The molecule has 3 unspecified atom stereocenters. The maximum absolute atomic E-state index is 10.7. The summed E-state index contributed by atoms with van der Waals surface area (Å²) in [5.74, 6) is 0.321. The molecule has 5 N–H and O–H groups in total. The van der Waals surface area contributed by atoms with E-state index in [1.165, 1.54) is 83.5 Å². The molecule has 162 valence electrons. The molecule has 1 saturated carbocycles. The van der Waals surface area contributed by atoms with Gasteiger partial charge >= 0.3 is 0 Å². The van der Waals surface area contributed by atoms with Crippen LogP contribution in [0.1, 0.15) is 117 Å². The van der Waals surface area contributed by atoms with Crippen molar-refractivity contribution >= 4 is 0 Å². The second-order valence-electron chi connectivity index (χ2n) is 8.86. The van der Waals surface area contributed by atoms with Crippen molar-refractivity contribution in [1.82, 2.24) is 0 Å². The highest BCUT2D eigenvalue weighted by Gasteiger charge is 2.41. The molecule has 0 aliphatic heterocycles. The van der Waals surface area contributed by atoms with E-state index in [4.69, 9.17) is 16.2 Å². The van der Waals surface area contributed by atoms with Gasteiger partial charge in [0.05, 0.1) is 12.1 Å². The topological polar surface area (TPSA) is 81.5 Å². The van der Waals surface area contributed by atoms with Crippen molar-refractivity contribution in [2.75, 3.05) is 6.61 Å². The lowest BCUT2D eigenvalue weighted by molar-refractivity contribution is -0.122. The Hall–Kier alpha value is -0.160. The van der Waals surface area contributed by atoms with Crippen molar-refractivity contribution in [2.24, 2.45) is 17.4 Å². The fourth-order valence-electron chi connectivity index (χ4n) is 4.30. The number of ether oxygens (including phenoxy) is 1. The van der Waals surface area contributed by atoms with E-state index in [-0.39, 0.29) is 0 Å². The molecule has 0 spiro atoms. The van der Waals surface area contributed by atoms with E-state index < -0.39 is 17.9 Å². The first-order chi connectivity index (χ1) is 13.0. The smallest absolute Gasteiger partial charge is 0.155 e. The van der Waals surface area contributed by atoms with Gasteiger partial charge in [-0.1, -0.05) is 90.4 Å². The zero-order valence-corrected chi connectivity index (χ0v) is 18.3. The van der Waals surface area contributed by atoms with E-state index >= 15 is 0 Å². The van der Waals surface area contributed by atoms with Crippen LogP contribution in [0.3, 0.4) is 0 Å². The minimum Gasteiger partial charge on any atom is -0.374 e. The van der Waals surface area contributed by atoms with Crippen molar-refractivity contribution in [3.05, 3.63) is 0 Å². The van der Waals surface area contributed by atoms with Gasteiger partial charge in [0.15, 0.2) is 5.72 Å². The summed E-state index contributed by atoms with van der Waals surface area (Å²) < 4.78 is 5.85. The quantitative estimate of drug-likeness (QED) is 0.250. The first kappa shape index (κ1) is 24.9.